The number of pyridine rings is 1. The number of imidazole rings is 1. The molecular formula is C25H25F3N4O3. The Labute approximate surface area is 199 Å². The van der Waals surface area contributed by atoms with Crippen LogP contribution in [0, 0.1) is 30.3 Å². The van der Waals surface area contributed by atoms with Crippen molar-refractivity contribution in [3.63, 3.8) is 0 Å². The van der Waals surface area contributed by atoms with E-state index in [1.165, 1.54) is 7.05 Å². The Balaban J connectivity index is 1.58. The Hall–Kier alpha value is -3.40. The van der Waals surface area contributed by atoms with Gasteiger partial charge in [0.2, 0.25) is 5.91 Å². The van der Waals surface area contributed by atoms with E-state index in [1.807, 2.05) is 13.0 Å². The molecule has 2 amide bonds. The summed E-state index contributed by atoms with van der Waals surface area (Å²) >= 11 is 0. The summed E-state index contributed by atoms with van der Waals surface area (Å²) in [7, 11) is 1.25. The molecule has 1 N–H and O–H groups in total. The van der Waals surface area contributed by atoms with Crippen LogP contribution in [0.1, 0.15) is 34.5 Å². The van der Waals surface area contributed by atoms with Gasteiger partial charge < -0.3 is 19.4 Å². The molecule has 3 aromatic rings. The maximum Gasteiger partial charge on any atom is 0.254 e. The second kappa shape index (κ2) is 8.99. The van der Waals surface area contributed by atoms with Gasteiger partial charge in [0, 0.05) is 38.7 Å². The summed E-state index contributed by atoms with van der Waals surface area (Å²) in [6, 6.07) is 4.26. The molecule has 1 unspecified atom stereocenters. The fraction of sp³-hybridized carbons (Fsp3) is 0.400. The fourth-order valence-corrected chi connectivity index (χ4v) is 4.55. The summed E-state index contributed by atoms with van der Waals surface area (Å²) in [5, 5.41) is 2.17. The minimum absolute atomic E-state index is 0.0674. The van der Waals surface area contributed by atoms with E-state index in [0.717, 1.165) is 18.4 Å². The molecule has 0 radical (unpaired) electrons. The largest absolute Gasteiger partial charge is 0.374 e. The van der Waals surface area contributed by atoms with E-state index in [4.69, 9.17) is 4.74 Å². The standard InChI is InChI=1S/C25H25F3N4O3/c1-13-5-6-32-18(10-15-12-31(7-8-35-15)25(34)14-3-4-14)23(30-19(32)9-13)20-17(26)11-16(24(33)29-2)21(27)22(20)28/h5-6,9,11,14-15H,3-4,7-8,10,12H2,1-2H3,(H,29,33). The van der Waals surface area contributed by atoms with Gasteiger partial charge in [0.25, 0.3) is 5.91 Å². The highest BCUT2D eigenvalue weighted by atomic mass is 19.2. The van der Waals surface area contributed by atoms with Crippen LogP contribution in [-0.2, 0) is 16.0 Å². The predicted molar refractivity (Wildman–Crippen MR) is 121 cm³/mol. The summed E-state index contributed by atoms with van der Waals surface area (Å²) in [6.45, 7) is 3.06. The number of halogens is 3. The molecule has 10 heteroatoms. The number of amides is 2. The summed E-state index contributed by atoms with van der Waals surface area (Å²) in [4.78, 5) is 30.7. The average Bonchev–Trinajstić information content (AvgIpc) is 3.64. The number of carbonyl (C=O) groups excluding carboxylic acids is 2. The Morgan fingerprint density at radius 1 is 1.20 bits per heavy atom. The van der Waals surface area contributed by atoms with Crippen LogP contribution < -0.4 is 5.32 Å². The van der Waals surface area contributed by atoms with Gasteiger partial charge in [0.15, 0.2) is 11.6 Å². The highest BCUT2D eigenvalue weighted by molar-refractivity contribution is 5.95. The van der Waals surface area contributed by atoms with Crippen LogP contribution >= 0.6 is 0 Å². The Morgan fingerprint density at radius 3 is 2.69 bits per heavy atom. The number of nitrogens with zero attached hydrogens (tertiary/aromatic N) is 3. The Kier molecular flexibility index (Phi) is 6.00. The maximum atomic E-state index is 15.2. The first-order valence-corrected chi connectivity index (χ1v) is 11.6. The molecule has 0 spiro atoms. The Bertz CT molecular complexity index is 1340. The zero-order valence-electron chi connectivity index (χ0n) is 19.4. The predicted octanol–water partition coefficient (Wildman–Crippen LogP) is 3.27. The number of hydrogen-bond donors (Lipinski definition) is 1. The molecule has 35 heavy (non-hydrogen) atoms. The molecule has 1 aliphatic heterocycles. The lowest BCUT2D eigenvalue weighted by atomic mass is 10.0. The lowest BCUT2D eigenvalue weighted by molar-refractivity contribution is -0.140. The minimum Gasteiger partial charge on any atom is -0.374 e. The Morgan fingerprint density at radius 2 is 1.97 bits per heavy atom. The second-order valence-electron chi connectivity index (χ2n) is 9.08. The van der Waals surface area contributed by atoms with Crippen LogP contribution in [-0.4, -0.2) is 58.9 Å². The third kappa shape index (κ3) is 4.27. The lowest BCUT2D eigenvalue weighted by Gasteiger charge is -2.33. The number of rotatable bonds is 5. The zero-order chi connectivity index (χ0) is 24.9. The van der Waals surface area contributed by atoms with Gasteiger partial charge in [-0.3, -0.25) is 9.59 Å². The van der Waals surface area contributed by atoms with E-state index >= 15 is 8.78 Å². The molecule has 7 nitrogen and oxygen atoms in total. The van der Waals surface area contributed by atoms with Crippen LogP contribution in [0.2, 0.25) is 0 Å². The molecule has 2 fully saturated rings. The summed E-state index contributed by atoms with van der Waals surface area (Å²) in [5.74, 6) is -4.79. The van der Waals surface area contributed by atoms with Crippen molar-refractivity contribution in [3.05, 3.63) is 58.7 Å². The third-order valence-electron chi connectivity index (χ3n) is 6.55. The molecule has 5 rings (SSSR count). The van der Waals surface area contributed by atoms with Crippen molar-refractivity contribution >= 4 is 17.5 Å². The number of aromatic nitrogens is 2. The molecule has 2 aliphatic rings. The highest BCUT2D eigenvalue weighted by Gasteiger charge is 2.36. The number of aryl methyl sites for hydroxylation is 1. The van der Waals surface area contributed by atoms with Gasteiger partial charge in [0.05, 0.1) is 35.2 Å². The van der Waals surface area contributed by atoms with Crippen molar-refractivity contribution in [3.8, 4) is 11.3 Å². The first kappa shape index (κ1) is 23.3. The molecule has 1 atom stereocenters. The topological polar surface area (TPSA) is 75.9 Å². The molecule has 3 heterocycles. The molecule has 1 saturated heterocycles. The molecule has 184 valence electrons. The van der Waals surface area contributed by atoms with Crippen molar-refractivity contribution < 1.29 is 27.5 Å². The van der Waals surface area contributed by atoms with Crippen molar-refractivity contribution in [2.24, 2.45) is 5.92 Å². The molecule has 0 bridgehead atoms. The van der Waals surface area contributed by atoms with Gasteiger partial charge >= 0.3 is 0 Å². The summed E-state index contributed by atoms with van der Waals surface area (Å²) in [6.07, 6.45) is 3.30. The van der Waals surface area contributed by atoms with E-state index in [-0.39, 0.29) is 23.9 Å². The fourth-order valence-electron chi connectivity index (χ4n) is 4.55. The molecular weight excluding hydrogens is 461 g/mol. The smallest absolute Gasteiger partial charge is 0.254 e. The van der Waals surface area contributed by atoms with Crippen LogP contribution in [0.15, 0.2) is 24.4 Å². The van der Waals surface area contributed by atoms with Gasteiger partial charge in [-0.15, -0.1) is 0 Å². The molecule has 2 aromatic heterocycles. The van der Waals surface area contributed by atoms with E-state index in [0.29, 0.717) is 37.1 Å². The number of fused-ring (bicyclic) bond motifs is 1. The van der Waals surface area contributed by atoms with Crippen LogP contribution in [0.5, 0.6) is 0 Å². The number of morpholine rings is 1. The molecule has 1 aromatic carbocycles. The second-order valence-corrected chi connectivity index (χ2v) is 9.08. The number of benzene rings is 1. The number of carbonyl (C=O) groups is 2. The normalized spacial score (nSPS) is 18.2. The summed E-state index contributed by atoms with van der Waals surface area (Å²) in [5.41, 5.74) is 0.312. The number of ether oxygens (including phenoxy) is 1. The van der Waals surface area contributed by atoms with Crippen molar-refractivity contribution in [1.29, 1.82) is 0 Å². The highest BCUT2D eigenvalue weighted by Crippen LogP contribution is 2.34. The van der Waals surface area contributed by atoms with Crippen LogP contribution in [0.3, 0.4) is 0 Å². The van der Waals surface area contributed by atoms with Crippen molar-refractivity contribution in [2.75, 3.05) is 26.7 Å². The van der Waals surface area contributed by atoms with E-state index in [9.17, 15) is 14.0 Å². The van der Waals surface area contributed by atoms with Gasteiger partial charge in [-0.25, -0.2) is 18.2 Å². The maximum absolute atomic E-state index is 15.2. The first-order chi connectivity index (χ1) is 16.8. The number of hydrogen-bond acceptors (Lipinski definition) is 4. The quantitative estimate of drug-likeness (QED) is 0.562. The number of nitrogens with one attached hydrogen (secondary N) is 1. The van der Waals surface area contributed by atoms with Crippen molar-refractivity contribution in [2.45, 2.75) is 32.3 Å². The van der Waals surface area contributed by atoms with Crippen LogP contribution in [0.25, 0.3) is 16.9 Å². The lowest BCUT2D eigenvalue weighted by Crippen LogP contribution is -2.47. The molecule has 1 aliphatic carbocycles. The zero-order valence-corrected chi connectivity index (χ0v) is 19.4. The SMILES string of the molecule is CNC(=O)c1cc(F)c(-c2nc3cc(C)ccn3c2CC2CN(C(=O)C3CC3)CCO2)c(F)c1F. The summed E-state index contributed by atoms with van der Waals surface area (Å²) < 4.78 is 52.8. The van der Waals surface area contributed by atoms with Gasteiger partial charge in [-0.05, 0) is 43.5 Å². The van der Waals surface area contributed by atoms with Crippen molar-refractivity contribution in [1.82, 2.24) is 19.6 Å². The monoisotopic (exact) mass is 486 g/mol. The first-order valence-electron chi connectivity index (χ1n) is 11.6. The third-order valence-corrected chi connectivity index (χ3v) is 6.55. The molecule has 1 saturated carbocycles. The van der Waals surface area contributed by atoms with E-state index in [2.05, 4.69) is 10.3 Å². The van der Waals surface area contributed by atoms with E-state index < -0.39 is 40.6 Å². The van der Waals surface area contributed by atoms with Gasteiger partial charge in [-0.2, -0.15) is 0 Å². The average molecular weight is 486 g/mol. The van der Waals surface area contributed by atoms with E-state index in [1.54, 1.807) is 21.6 Å². The van der Waals surface area contributed by atoms with Gasteiger partial charge in [0.1, 0.15) is 11.5 Å². The minimum atomic E-state index is -1.49. The van der Waals surface area contributed by atoms with Crippen LogP contribution in [0.4, 0.5) is 13.2 Å². The van der Waals surface area contributed by atoms with Gasteiger partial charge in [-0.1, -0.05) is 0 Å².